The van der Waals surface area contributed by atoms with Crippen molar-refractivity contribution in [3.05, 3.63) is 53.0 Å². The fourth-order valence-electron chi connectivity index (χ4n) is 4.93. The van der Waals surface area contributed by atoms with E-state index < -0.39 is 5.95 Å². The molecule has 2 N–H and O–H groups in total. The number of carbonyl (C=O) groups excluding carboxylic acids is 1. The van der Waals surface area contributed by atoms with Crippen LogP contribution in [0.2, 0.25) is 0 Å². The molecule has 1 unspecified atom stereocenters. The Kier molecular flexibility index (Phi) is 5.04. The first-order valence-corrected chi connectivity index (χ1v) is 11.8. The number of hydrogen-bond acceptors (Lipinski definition) is 7. The smallest absolute Gasteiger partial charge is 0.228 e. The van der Waals surface area contributed by atoms with Crippen LogP contribution in [0.4, 0.5) is 22.1 Å². The summed E-state index contributed by atoms with van der Waals surface area (Å²) in [4.78, 5) is 36.4. The Morgan fingerprint density at radius 3 is 2.85 bits per heavy atom. The third-order valence-electron chi connectivity index (χ3n) is 6.82. The van der Waals surface area contributed by atoms with Crippen LogP contribution in [0.1, 0.15) is 60.5 Å². The Balaban J connectivity index is 1.25. The average molecular weight is 448 g/mol. The van der Waals surface area contributed by atoms with Crippen LogP contribution < -0.4 is 10.2 Å². The minimum Gasteiger partial charge on any atom is -0.331 e. The fraction of sp³-hybridized carbons (Fsp3) is 0.458. The maximum absolute atomic E-state index is 13.1. The summed E-state index contributed by atoms with van der Waals surface area (Å²) in [6.45, 7) is 0.739. The highest BCUT2D eigenvalue weighted by molar-refractivity contribution is 5.89. The molecule has 2 fully saturated rings. The number of hydrogen-bond donors (Lipinski definition) is 2. The molecule has 1 saturated heterocycles. The van der Waals surface area contributed by atoms with E-state index in [9.17, 15) is 9.18 Å². The first-order valence-electron chi connectivity index (χ1n) is 11.8. The number of carbonyl (C=O) groups is 1. The molecule has 1 saturated carbocycles. The van der Waals surface area contributed by atoms with E-state index in [0.29, 0.717) is 17.8 Å². The van der Waals surface area contributed by atoms with Crippen molar-refractivity contribution in [1.29, 1.82) is 0 Å². The summed E-state index contributed by atoms with van der Waals surface area (Å²) in [5, 5.41) is 3.39. The van der Waals surface area contributed by atoms with Crippen LogP contribution in [0.5, 0.6) is 0 Å². The fourth-order valence-corrected chi connectivity index (χ4v) is 4.93. The van der Waals surface area contributed by atoms with Gasteiger partial charge < -0.3 is 15.2 Å². The van der Waals surface area contributed by atoms with Gasteiger partial charge in [0.05, 0.1) is 17.9 Å². The lowest BCUT2D eigenvalue weighted by atomic mass is 10.0. The number of fused-ring (bicyclic) bond motifs is 1. The van der Waals surface area contributed by atoms with Gasteiger partial charge in [0.25, 0.3) is 0 Å². The van der Waals surface area contributed by atoms with E-state index in [1.807, 2.05) is 11.1 Å². The van der Waals surface area contributed by atoms with Crippen molar-refractivity contribution >= 4 is 23.5 Å². The molecule has 8 nitrogen and oxygen atoms in total. The van der Waals surface area contributed by atoms with Gasteiger partial charge in [-0.25, -0.2) is 15.0 Å². The van der Waals surface area contributed by atoms with Crippen molar-refractivity contribution in [3.8, 4) is 0 Å². The Morgan fingerprint density at radius 2 is 2.03 bits per heavy atom. The van der Waals surface area contributed by atoms with Crippen molar-refractivity contribution in [2.24, 2.45) is 0 Å². The lowest BCUT2D eigenvalue weighted by Gasteiger charge is -2.25. The Bertz CT molecular complexity index is 1190. The molecule has 0 aromatic carbocycles. The number of ketones is 1. The molecule has 3 aliphatic rings. The minimum atomic E-state index is -0.541. The summed E-state index contributed by atoms with van der Waals surface area (Å²) in [7, 11) is 0. The van der Waals surface area contributed by atoms with Gasteiger partial charge in [0, 0.05) is 36.3 Å². The molecule has 4 heterocycles. The molecule has 9 heteroatoms. The number of Topliss-reactive ketones (excluding diaryl/α,β-unsaturated/α-hetero) is 1. The molecule has 0 radical (unpaired) electrons. The van der Waals surface area contributed by atoms with E-state index in [1.54, 1.807) is 6.07 Å². The first kappa shape index (κ1) is 20.3. The highest BCUT2D eigenvalue weighted by Gasteiger charge is 2.34. The Hall–Kier alpha value is -3.36. The molecule has 0 spiro atoms. The van der Waals surface area contributed by atoms with Gasteiger partial charge in [-0.05, 0) is 56.6 Å². The predicted octanol–water partition coefficient (Wildman–Crippen LogP) is 3.62. The van der Waals surface area contributed by atoms with Crippen LogP contribution in [0.3, 0.4) is 0 Å². The Morgan fingerprint density at radius 1 is 1.12 bits per heavy atom. The molecule has 2 aliphatic carbocycles. The van der Waals surface area contributed by atoms with E-state index in [-0.39, 0.29) is 18.2 Å². The topological polar surface area (TPSA) is 99.7 Å². The molecule has 1 atom stereocenters. The van der Waals surface area contributed by atoms with Gasteiger partial charge >= 0.3 is 0 Å². The quantitative estimate of drug-likeness (QED) is 0.534. The van der Waals surface area contributed by atoms with E-state index >= 15 is 0 Å². The number of anilines is 3. The number of nitrogens with one attached hydrogen (secondary N) is 2. The Labute approximate surface area is 191 Å². The van der Waals surface area contributed by atoms with Crippen LogP contribution in [0.25, 0.3) is 0 Å². The van der Waals surface area contributed by atoms with Gasteiger partial charge in [-0.1, -0.05) is 6.07 Å². The zero-order valence-corrected chi connectivity index (χ0v) is 18.4. The van der Waals surface area contributed by atoms with Crippen molar-refractivity contribution in [1.82, 2.24) is 24.9 Å². The molecule has 170 valence electrons. The van der Waals surface area contributed by atoms with E-state index in [4.69, 9.17) is 9.97 Å². The van der Waals surface area contributed by atoms with Gasteiger partial charge in [0.2, 0.25) is 17.8 Å². The third-order valence-corrected chi connectivity index (χ3v) is 6.82. The maximum atomic E-state index is 13.1. The number of H-pyrrole nitrogens is 1. The minimum absolute atomic E-state index is 0.0830. The molecule has 3 aromatic heterocycles. The molecular weight excluding hydrogens is 421 g/mol. The molecular formula is C24H26FN7O. The van der Waals surface area contributed by atoms with E-state index in [0.717, 1.165) is 61.3 Å². The summed E-state index contributed by atoms with van der Waals surface area (Å²) in [6, 6.07) is 2.62. The number of halogens is 1. The zero-order valence-electron chi connectivity index (χ0n) is 18.4. The van der Waals surface area contributed by atoms with Gasteiger partial charge in [0.15, 0.2) is 5.78 Å². The SMILES string of the molecule is O=C(Cc1ccc(F)nc1)C1CCCN1c1nc2c(c(Nc3ncc(C4CC4)[nH]3)n1)CCC2. The van der Waals surface area contributed by atoms with Crippen LogP contribution in [-0.4, -0.2) is 43.3 Å². The third kappa shape index (κ3) is 4.07. The summed E-state index contributed by atoms with van der Waals surface area (Å²) in [5.74, 6) is 2.23. The first-order chi connectivity index (χ1) is 16.1. The average Bonchev–Trinajstić information content (AvgIpc) is 3.20. The molecule has 0 bridgehead atoms. The monoisotopic (exact) mass is 447 g/mol. The summed E-state index contributed by atoms with van der Waals surface area (Å²) in [6.07, 6.45) is 10.6. The number of aromatic nitrogens is 5. The molecule has 6 rings (SSSR count). The zero-order chi connectivity index (χ0) is 22.4. The standard InChI is InChI=1S/C24H26FN7O/c25-21-9-6-14(12-26-21)11-20(33)19-5-2-10-32(19)24-29-17-4-1-3-16(17)22(31-24)30-23-27-13-18(28-23)15-7-8-15/h6,9,12-13,15,19H,1-5,7-8,10-11H2,(H2,27,28,29,30,31). The van der Waals surface area contributed by atoms with Crippen molar-refractivity contribution in [2.75, 3.05) is 16.8 Å². The van der Waals surface area contributed by atoms with Gasteiger partial charge in [-0.3, -0.25) is 4.79 Å². The second-order valence-corrected chi connectivity index (χ2v) is 9.22. The summed E-state index contributed by atoms with van der Waals surface area (Å²) >= 11 is 0. The van der Waals surface area contributed by atoms with Gasteiger partial charge in [0.1, 0.15) is 5.82 Å². The number of pyridine rings is 1. The van der Waals surface area contributed by atoms with Crippen molar-refractivity contribution in [3.63, 3.8) is 0 Å². The predicted molar refractivity (Wildman–Crippen MR) is 121 cm³/mol. The van der Waals surface area contributed by atoms with Crippen LogP contribution in [-0.2, 0) is 24.1 Å². The number of rotatable bonds is 7. The lowest BCUT2D eigenvalue weighted by Crippen LogP contribution is -2.38. The second kappa shape index (κ2) is 8.20. The molecule has 33 heavy (non-hydrogen) atoms. The van der Waals surface area contributed by atoms with Crippen LogP contribution in [0.15, 0.2) is 24.5 Å². The van der Waals surface area contributed by atoms with Gasteiger partial charge in [-0.15, -0.1) is 0 Å². The number of nitrogens with zero attached hydrogens (tertiary/aromatic N) is 5. The van der Waals surface area contributed by atoms with Gasteiger partial charge in [-0.2, -0.15) is 9.37 Å². The van der Waals surface area contributed by atoms with E-state index in [2.05, 4.69) is 20.3 Å². The number of imidazole rings is 1. The molecule has 3 aromatic rings. The molecule has 1 aliphatic heterocycles. The normalized spacial score (nSPS) is 19.7. The number of aromatic amines is 1. The summed E-state index contributed by atoms with van der Waals surface area (Å²) in [5.41, 5.74) is 4.08. The van der Waals surface area contributed by atoms with E-state index in [1.165, 1.54) is 30.8 Å². The largest absolute Gasteiger partial charge is 0.331 e. The number of aryl methyl sites for hydroxylation is 1. The van der Waals surface area contributed by atoms with Crippen LogP contribution >= 0.6 is 0 Å². The second-order valence-electron chi connectivity index (χ2n) is 9.22. The van der Waals surface area contributed by atoms with Crippen LogP contribution in [0, 0.1) is 5.95 Å². The summed E-state index contributed by atoms with van der Waals surface area (Å²) < 4.78 is 13.1. The highest BCUT2D eigenvalue weighted by atomic mass is 19.1. The van der Waals surface area contributed by atoms with Crippen molar-refractivity contribution in [2.45, 2.75) is 63.3 Å². The molecule has 0 amide bonds. The maximum Gasteiger partial charge on any atom is 0.228 e. The van der Waals surface area contributed by atoms with Crippen molar-refractivity contribution < 1.29 is 9.18 Å². The lowest BCUT2D eigenvalue weighted by molar-refractivity contribution is -0.119. The highest BCUT2D eigenvalue weighted by Crippen LogP contribution is 2.39.